The Bertz CT molecular complexity index is 463. The van der Waals surface area contributed by atoms with Crippen LogP contribution in [0, 0.1) is 5.21 Å². The molecule has 2 rings (SSSR count). The molecule has 0 saturated carbocycles. The zero-order chi connectivity index (χ0) is 10.1. The third-order valence-corrected chi connectivity index (χ3v) is 2.40. The van der Waals surface area contributed by atoms with Gasteiger partial charge in [0.25, 0.3) is 0 Å². The maximum absolute atomic E-state index is 11.6. The SMILES string of the molecule is CC(C)c1cc2ccccc2c[n+]1[O-]. The van der Waals surface area contributed by atoms with E-state index in [0.717, 1.165) is 21.2 Å². The quantitative estimate of drug-likeness (QED) is 0.498. The van der Waals surface area contributed by atoms with Crippen molar-refractivity contribution >= 4 is 10.8 Å². The Kier molecular flexibility index (Phi) is 2.12. The van der Waals surface area contributed by atoms with E-state index in [1.54, 1.807) is 6.20 Å². The molecular weight excluding hydrogens is 174 g/mol. The highest BCUT2D eigenvalue weighted by molar-refractivity contribution is 5.81. The van der Waals surface area contributed by atoms with E-state index < -0.39 is 0 Å². The summed E-state index contributed by atoms with van der Waals surface area (Å²) in [7, 11) is 0. The third-order valence-electron chi connectivity index (χ3n) is 2.40. The molecule has 0 amide bonds. The van der Waals surface area contributed by atoms with E-state index in [2.05, 4.69) is 0 Å². The lowest BCUT2D eigenvalue weighted by molar-refractivity contribution is -0.613. The van der Waals surface area contributed by atoms with Gasteiger partial charge in [-0.2, -0.15) is 4.73 Å². The zero-order valence-corrected chi connectivity index (χ0v) is 8.40. The first kappa shape index (κ1) is 9.00. The molecular formula is C12H13NO. The lowest BCUT2D eigenvalue weighted by Gasteiger charge is -2.08. The predicted molar refractivity (Wildman–Crippen MR) is 57.0 cm³/mol. The Morgan fingerprint density at radius 1 is 1.14 bits per heavy atom. The minimum Gasteiger partial charge on any atom is -0.618 e. The molecule has 2 aromatic rings. The maximum Gasteiger partial charge on any atom is 0.195 e. The van der Waals surface area contributed by atoms with Crippen molar-refractivity contribution in [3.63, 3.8) is 0 Å². The molecule has 0 N–H and O–H groups in total. The van der Waals surface area contributed by atoms with Gasteiger partial charge >= 0.3 is 0 Å². The van der Waals surface area contributed by atoms with E-state index in [-0.39, 0.29) is 5.92 Å². The molecule has 0 spiro atoms. The van der Waals surface area contributed by atoms with Crippen LogP contribution in [0.25, 0.3) is 10.8 Å². The highest BCUT2D eigenvalue weighted by atomic mass is 16.5. The molecule has 2 nitrogen and oxygen atoms in total. The summed E-state index contributed by atoms with van der Waals surface area (Å²) in [5, 5.41) is 13.7. The largest absolute Gasteiger partial charge is 0.618 e. The maximum atomic E-state index is 11.6. The van der Waals surface area contributed by atoms with E-state index >= 15 is 0 Å². The van der Waals surface area contributed by atoms with Crippen LogP contribution in [0.2, 0.25) is 0 Å². The molecule has 0 bridgehead atoms. The number of aromatic nitrogens is 1. The molecule has 0 fully saturated rings. The standard InChI is InChI=1S/C12H13NO/c1-9(2)12-7-10-5-3-4-6-11(10)8-13(12)14/h3-9H,1-2H3. The van der Waals surface area contributed by atoms with Crippen LogP contribution in [-0.4, -0.2) is 0 Å². The fourth-order valence-electron chi connectivity index (χ4n) is 1.60. The first-order valence-corrected chi connectivity index (χ1v) is 4.80. The zero-order valence-electron chi connectivity index (χ0n) is 8.40. The van der Waals surface area contributed by atoms with Crippen LogP contribution in [0.15, 0.2) is 36.5 Å². The first-order valence-electron chi connectivity index (χ1n) is 4.80. The van der Waals surface area contributed by atoms with E-state index in [1.807, 2.05) is 44.2 Å². The second kappa shape index (κ2) is 3.29. The van der Waals surface area contributed by atoms with Crippen molar-refractivity contribution in [2.45, 2.75) is 19.8 Å². The molecule has 72 valence electrons. The number of fused-ring (bicyclic) bond motifs is 1. The van der Waals surface area contributed by atoms with Crippen molar-refractivity contribution < 1.29 is 4.73 Å². The van der Waals surface area contributed by atoms with Crippen molar-refractivity contribution in [3.8, 4) is 0 Å². The van der Waals surface area contributed by atoms with Crippen LogP contribution in [0.3, 0.4) is 0 Å². The van der Waals surface area contributed by atoms with Gasteiger partial charge in [-0.05, 0) is 11.5 Å². The molecule has 2 heteroatoms. The van der Waals surface area contributed by atoms with Gasteiger partial charge < -0.3 is 5.21 Å². The number of pyridine rings is 1. The lowest BCUT2D eigenvalue weighted by Crippen LogP contribution is -2.31. The number of hydrogen-bond acceptors (Lipinski definition) is 1. The summed E-state index contributed by atoms with van der Waals surface area (Å²) in [6, 6.07) is 9.88. The summed E-state index contributed by atoms with van der Waals surface area (Å²) in [4.78, 5) is 0. The molecule has 0 atom stereocenters. The average molecular weight is 187 g/mol. The number of benzene rings is 1. The fourth-order valence-corrected chi connectivity index (χ4v) is 1.60. The van der Waals surface area contributed by atoms with Gasteiger partial charge in [-0.1, -0.05) is 32.0 Å². The summed E-state index contributed by atoms with van der Waals surface area (Å²) in [5.74, 6) is 0.261. The molecule has 1 aromatic heterocycles. The lowest BCUT2D eigenvalue weighted by atomic mass is 10.1. The Morgan fingerprint density at radius 2 is 1.79 bits per heavy atom. The molecule has 1 heterocycles. The van der Waals surface area contributed by atoms with Gasteiger partial charge in [0.1, 0.15) is 0 Å². The fraction of sp³-hybridized carbons (Fsp3) is 0.250. The van der Waals surface area contributed by atoms with Gasteiger partial charge in [-0.15, -0.1) is 0 Å². The van der Waals surface area contributed by atoms with Crippen LogP contribution in [0.4, 0.5) is 0 Å². The number of hydrogen-bond donors (Lipinski definition) is 0. The van der Waals surface area contributed by atoms with Gasteiger partial charge in [0.05, 0.1) is 0 Å². The van der Waals surface area contributed by atoms with Gasteiger partial charge in [0.2, 0.25) is 0 Å². The van der Waals surface area contributed by atoms with Crippen LogP contribution in [0.1, 0.15) is 25.5 Å². The van der Waals surface area contributed by atoms with Crippen LogP contribution in [-0.2, 0) is 0 Å². The Balaban J connectivity index is 2.71. The number of rotatable bonds is 1. The minimum absolute atomic E-state index is 0.261. The van der Waals surface area contributed by atoms with E-state index in [1.165, 1.54) is 0 Å². The van der Waals surface area contributed by atoms with Gasteiger partial charge in [0, 0.05) is 17.4 Å². The van der Waals surface area contributed by atoms with Gasteiger partial charge in [0.15, 0.2) is 11.9 Å². The molecule has 14 heavy (non-hydrogen) atoms. The second-order valence-electron chi connectivity index (χ2n) is 3.81. The summed E-state index contributed by atoms with van der Waals surface area (Å²) in [5.41, 5.74) is 0.823. The molecule has 0 aliphatic carbocycles. The van der Waals surface area contributed by atoms with Crippen molar-refractivity contribution in [2.75, 3.05) is 0 Å². The second-order valence-corrected chi connectivity index (χ2v) is 3.81. The van der Waals surface area contributed by atoms with Crippen molar-refractivity contribution in [3.05, 3.63) is 47.4 Å². The van der Waals surface area contributed by atoms with E-state index in [9.17, 15) is 5.21 Å². The van der Waals surface area contributed by atoms with Gasteiger partial charge in [-0.3, -0.25) is 0 Å². The van der Waals surface area contributed by atoms with E-state index in [0.29, 0.717) is 0 Å². The molecule has 0 aliphatic rings. The first-order chi connectivity index (χ1) is 6.68. The highest BCUT2D eigenvalue weighted by Crippen LogP contribution is 2.16. The van der Waals surface area contributed by atoms with Crippen LogP contribution < -0.4 is 4.73 Å². The van der Waals surface area contributed by atoms with Gasteiger partial charge in [-0.25, -0.2) is 0 Å². The molecule has 0 radical (unpaired) electrons. The predicted octanol–water partition coefficient (Wildman–Crippen LogP) is 2.60. The Morgan fingerprint density at radius 3 is 2.43 bits per heavy atom. The Hall–Kier alpha value is -1.57. The number of nitrogens with zero attached hydrogens (tertiary/aromatic N) is 1. The summed E-state index contributed by atoms with van der Waals surface area (Å²) < 4.78 is 0.965. The Labute approximate surface area is 83.4 Å². The van der Waals surface area contributed by atoms with Crippen LogP contribution >= 0.6 is 0 Å². The smallest absolute Gasteiger partial charge is 0.195 e. The monoisotopic (exact) mass is 187 g/mol. The molecule has 0 saturated heterocycles. The van der Waals surface area contributed by atoms with Crippen LogP contribution in [0.5, 0.6) is 0 Å². The van der Waals surface area contributed by atoms with Crippen molar-refractivity contribution in [1.82, 2.24) is 0 Å². The van der Waals surface area contributed by atoms with Crippen molar-refractivity contribution in [2.24, 2.45) is 0 Å². The highest BCUT2D eigenvalue weighted by Gasteiger charge is 2.10. The average Bonchev–Trinajstić information content (AvgIpc) is 2.16. The molecule has 0 unspecified atom stereocenters. The minimum atomic E-state index is 0.261. The van der Waals surface area contributed by atoms with E-state index in [4.69, 9.17) is 0 Å². The summed E-state index contributed by atoms with van der Waals surface area (Å²) in [6.45, 7) is 4.05. The topological polar surface area (TPSA) is 26.9 Å². The normalized spacial score (nSPS) is 11.1. The van der Waals surface area contributed by atoms with Crippen molar-refractivity contribution in [1.29, 1.82) is 0 Å². The molecule has 1 aromatic carbocycles. The summed E-state index contributed by atoms with van der Waals surface area (Å²) >= 11 is 0. The summed E-state index contributed by atoms with van der Waals surface area (Å²) in [6.07, 6.45) is 1.64. The molecule has 0 aliphatic heterocycles. The third kappa shape index (κ3) is 1.43.